The van der Waals surface area contributed by atoms with Crippen LogP contribution in [-0.2, 0) is 0 Å². The smallest absolute Gasteiger partial charge is 0.0554 e. The molecule has 1 heterocycles. The van der Waals surface area contributed by atoms with Crippen molar-refractivity contribution < 1.29 is 0 Å². The zero-order chi connectivity index (χ0) is 17.5. The number of anilines is 1. The van der Waals surface area contributed by atoms with E-state index >= 15 is 0 Å². The summed E-state index contributed by atoms with van der Waals surface area (Å²) in [7, 11) is 0. The van der Waals surface area contributed by atoms with Crippen molar-refractivity contribution in [2.24, 2.45) is 5.92 Å². The summed E-state index contributed by atoms with van der Waals surface area (Å²) in [5.74, 6) is 0.992. The molecule has 5 rings (SSSR count). The Morgan fingerprint density at radius 1 is 0.885 bits per heavy atom. The fraction of sp³-hybridized carbons (Fsp3) is 0.167. The van der Waals surface area contributed by atoms with E-state index < -0.39 is 0 Å². The summed E-state index contributed by atoms with van der Waals surface area (Å²) in [4.78, 5) is 0. The van der Waals surface area contributed by atoms with Gasteiger partial charge in [-0.1, -0.05) is 84.4 Å². The quantitative estimate of drug-likeness (QED) is 0.495. The van der Waals surface area contributed by atoms with Gasteiger partial charge in [0.05, 0.1) is 6.04 Å². The molecule has 1 aliphatic carbocycles. The lowest BCUT2D eigenvalue weighted by molar-refractivity contribution is 0.426. The van der Waals surface area contributed by atoms with Crippen molar-refractivity contribution in [1.82, 2.24) is 0 Å². The van der Waals surface area contributed by atoms with Crippen LogP contribution in [0, 0.1) is 5.92 Å². The Morgan fingerprint density at radius 2 is 1.73 bits per heavy atom. The highest BCUT2D eigenvalue weighted by Gasteiger charge is 2.38. The summed E-state index contributed by atoms with van der Waals surface area (Å²) >= 11 is 6.29. The van der Waals surface area contributed by atoms with Gasteiger partial charge in [-0.05, 0) is 41.2 Å². The largest absolute Gasteiger partial charge is 0.377 e. The van der Waals surface area contributed by atoms with Gasteiger partial charge < -0.3 is 5.32 Å². The number of rotatable bonds is 2. The molecule has 1 N–H and O–H groups in total. The first-order chi connectivity index (χ1) is 12.8. The Morgan fingerprint density at radius 3 is 2.58 bits per heavy atom. The van der Waals surface area contributed by atoms with E-state index in [1.54, 1.807) is 0 Å². The van der Waals surface area contributed by atoms with Crippen LogP contribution in [0.5, 0.6) is 0 Å². The molecule has 3 aromatic rings. The van der Waals surface area contributed by atoms with Gasteiger partial charge in [-0.15, -0.1) is 0 Å². The van der Waals surface area contributed by atoms with E-state index in [2.05, 4.69) is 84.2 Å². The number of nitrogens with one attached hydrogen (secondary N) is 1. The van der Waals surface area contributed by atoms with Gasteiger partial charge in [0, 0.05) is 22.2 Å². The predicted octanol–water partition coefficient (Wildman–Crippen LogP) is 6.83. The van der Waals surface area contributed by atoms with E-state index in [0.717, 1.165) is 11.4 Å². The van der Waals surface area contributed by atoms with Crippen LogP contribution >= 0.6 is 11.6 Å². The summed E-state index contributed by atoms with van der Waals surface area (Å²) in [6.07, 6.45) is 5.82. The first kappa shape index (κ1) is 15.7. The fourth-order valence-corrected chi connectivity index (χ4v) is 4.71. The summed E-state index contributed by atoms with van der Waals surface area (Å²) < 4.78 is 0. The van der Waals surface area contributed by atoms with Gasteiger partial charge in [0.1, 0.15) is 0 Å². The van der Waals surface area contributed by atoms with Gasteiger partial charge >= 0.3 is 0 Å². The molecule has 2 heteroatoms. The van der Waals surface area contributed by atoms with Gasteiger partial charge in [0.15, 0.2) is 0 Å². The van der Waals surface area contributed by atoms with Gasteiger partial charge in [-0.25, -0.2) is 0 Å². The molecule has 1 aliphatic heterocycles. The Labute approximate surface area is 159 Å². The van der Waals surface area contributed by atoms with E-state index in [-0.39, 0.29) is 6.04 Å². The molecule has 26 heavy (non-hydrogen) atoms. The number of hydrogen-bond donors (Lipinski definition) is 1. The fourth-order valence-electron chi connectivity index (χ4n) is 4.51. The first-order valence-electron chi connectivity index (χ1n) is 9.18. The van der Waals surface area contributed by atoms with Gasteiger partial charge in [0.2, 0.25) is 0 Å². The van der Waals surface area contributed by atoms with E-state index in [0.29, 0.717) is 11.8 Å². The molecule has 0 aromatic heterocycles. The Hall–Kier alpha value is -2.51. The number of allylic oxidation sites excluding steroid dienone is 2. The maximum absolute atomic E-state index is 6.29. The van der Waals surface area contributed by atoms with Crippen molar-refractivity contribution >= 4 is 17.3 Å². The van der Waals surface area contributed by atoms with Crippen LogP contribution < -0.4 is 5.32 Å². The first-order valence-corrected chi connectivity index (χ1v) is 9.56. The van der Waals surface area contributed by atoms with E-state index in [9.17, 15) is 0 Å². The van der Waals surface area contributed by atoms with Gasteiger partial charge in [-0.2, -0.15) is 0 Å². The molecule has 0 bridgehead atoms. The monoisotopic (exact) mass is 357 g/mol. The summed E-state index contributed by atoms with van der Waals surface area (Å²) in [5.41, 5.74) is 6.46. The number of fused-ring (bicyclic) bond motifs is 3. The predicted molar refractivity (Wildman–Crippen MR) is 110 cm³/mol. The molecule has 2 aliphatic rings. The second kappa shape index (κ2) is 6.34. The molecule has 0 unspecified atom stereocenters. The van der Waals surface area contributed by atoms with Crippen molar-refractivity contribution in [3.63, 3.8) is 0 Å². The minimum Gasteiger partial charge on any atom is -0.377 e. The average molecular weight is 358 g/mol. The van der Waals surface area contributed by atoms with Crippen LogP contribution in [0.2, 0.25) is 5.02 Å². The van der Waals surface area contributed by atoms with Crippen molar-refractivity contribution in [3.8, 4) is 11.1 Å². The molecule has 0 radical (unpaired) electrons. The average Bonchev–Trinajstić information content (AvgIpc) is 3.18. The number of para-hydroxylation sites is 1. The van der Waals surface area contributed by atoms with Crippen LogP contribution in [0.1, 0.15) is 29.5 Å². The van der Waals surface area contributed by atoms with Crippen LogP contribution in [0.15, 0.2) is 84.9 Å². The highest BCUT2D eigenvalue weighted by atomic mass is 35.5. The second-order valence-electron chi connectivity index (χ2n) is 7.17. The van der Waals surface area contributed by atoms with Crippen LogP contribution in [0.3, 0.4) is 0 Å². The lowest BCUT2D eigenvalue weighted by Gasteiger charge is -2.38. The third kappa shape index (κ3) is 2.55. The summed E-state index contributed by atoms with van der Waals surface area (Å²) in [6.45, 7) is 0. The van der Waals surface area contributed by atoms with Crippen molar-refractivity contribution in [2.45, 2.75) is 18.4 Å². The number of hydrogen-bond acceptors (Lipinski definition) is 1. The van der Waals surface area contributed by atoms with Crippen molar-refractivity contribution in [1.29, 1.82) is 0 Å². The molecule has 0 amide bonds. The number of benzene rings is 3. The molecule has 1 nitrogen and oxygen atoms in total. The lowest BCUT2D eigenvalue weighted by atomic mass is 9.76. The maximum atomic E-state index is 6.29. The van der Waals surface area contributed by atoms with Gasteiger partial charge in [-0.3, -0.25) is 0 Å². The molecule has 3 aromatic carbocycles. The molecular formula is C24H20ClN. The number of halogens is 1. The van der Waals surface area contributed by atoms with Crippen LogP contribution in [0.25, 0.3) is 11.1 Å². The summed E-state index contributed by atoms with van der Waals surface area (Å²) in [5, 5.41) is 4.68. The normalized spacial score (nSPS) is 23.2. The lowest BCUT2D eigenvalue weighted by Crippen LogP contribution is -2.29. The minimum atomic E-state index is 0.270. The van der Waals surface area contributed by atoms with E-state index in [4.69, 9.17) is 11.6 Å². The van der Waals surface area contributed by atoms with E-state index in [1.165, 1.54) is 27.9 Å². The third-order valence-electron chi connectivity index (χ3n) is 5.69. The Bertz CT molecular complexity index is 977. The summed E-state index contributed by atoms with van der Waals surface area (Å²) in [6, 6.07) is 25.9. The maximum Gasteiger partial charge on any atom is 0.0554 e. The van der Waals surface area contributed by atoms with Crippen molar-refractivity contribution in [3.05, 3.63) is 101 Å². The molecule has 0 spiro atoms. The molecule has 0 saturated heterocycles. The molecule has 0 saturated carbocycles. The van der Waals surface area contributed by atoms with Crippen molar-refractivity contribution in [2.75, 3.05) is 5.32 Å². The third-order valence-corrected chi connectivity index (χ3v) is 5.92. The van der Waals surface area contributed by atoms with Crippen LogP contribution in [0.4, 0.5) is 5.69 Å². The standard InChI is InChI=1S/C24H20ClN/c25-18-10-4-9-17(15-18)23-21-13-6-12-20(21)22-14-5-11-19(24(22)26-23)16-7-2-1-3-8-16/h1-12,14-15,20-21,23,26H,13H2/t20-,21+,23+/m1/s1. The second-order valence-corrected chi connectivity index (χ2v) is 7.60. The van der Waals surface area contributed by atoms with Gasteiger partial charge in [0.25, 0.3) is 0 Å². The Kier molecular flexibility index (Phi) is 3.83. The topological polar surface area (TPSA) is 12.0 Å². The van der Waals surface area contributed by atoms with Crippen LogP contribution in [-0.4, -0.2) is 0 Å². The molecule has 3 atom stereocenters. The molecular weight excluding hydrogens is 338 g/mol. The highest BCUT2D eigenvalue weighted by Crippen LogP contribution is 2.52. The molecule has 128 valence electrons. The zero-order valence-corrected chi connectivity index (χ0v) is 15.2. The minimum absolute atomic E-state index is 0.270. The SMILES string of the molecule is Clc1cccc([C@@H]2Nc3c(-c4ccccc4)cccc3[C@@H]3C=CC[C@@H]32)c1. The zero-order valence-electron chi connectivity index (χ0n) is 14.4. The Balaban J connectivity index is 1.66. The highest BCUT2D eigenvalue weighted by molar-refractivity contribution is 6.30. The molecule has 0 fully saturated rings. The van der Waals surface area contributed by atoms with E-state index in [1.807, 2.05) is 6.07 Å².